The zero-order chi connectivity index (χ0) is 22.7. The van der Waals surface area contributed by atoms with Gasteiger partial charge in [0.25, 0.3) is 0 Å². The summed E-state index contributed by atoms with van der Waals surface area (Å²) in [6.07, 6.45) is 2.64. The minimum Gasteiger partial charge on any atom is -0.324 e. The first-order valence-corrected chi connectivity index (χ1v) is 10.1. The number of anilines is 1. The van der Waals surface area contributed by atoms with Gasteiger partial charge in [0, 0.05) is 12.3 Å². The van der Waals surface area contributed by atoms with Gasteiger partial charge in [0.15, 0.2) is 11.6 Å². The zero-order valence-electron chi connectivity index (χ0n) is 16.9. The topological polar surface area (TPSA) is 84.7 Å². The lowest BCUT2D eigenvalue weighted by Gasteiger charge is -2.21. The summed E-state index contributed by atoms with van der Waals surface area (Å²) in [6.45, 7) is 0.911. The summed E-state index contributed by atoms with van der Waals surface area (Å²) in [5.74, 6) is -1.29. The van der Waals surface area contributed by atoms with E-state index < -0.39 is 30.0 Å². The van der Waals surface area contributed by atoms with Gasteiger partial charge in [-0.2, -0.15) is 13.2 Å². The fraction of sp³-hybridized carbons (Fsp3) is 0.333. The molecule has 0 saturated carbocycles. The molecule has 4 rings (SSSR count). The number of imidazole rings is 1. The first-order valence-electron chi connectivity index (χ1n) is 10.1. The van der Waals surface area contributed by atoms with Crippen molar-refractivity contribution in [1.82, 2.24) is 24.8 Å². The van der Waals surface area contributed by atoms with Crippen LogP contribution in [0.3, 0.4) is 0 Å². The van der Waals surface area contributed by atoms with E-state index in [1.165, 1.54) is 29.2 Å². The van der Waals surface area contributed by atoms with Gasteiger partial charge in [-0.05, 0) is 31.5 Å². The van der Waals surface area contributed by atoms with Crippen molar-refractivity contribution in [2.75, 3.05) is 11.9 Å². The molecule has 3 aromatic rings. The Labute approximate surface area is 180 Å². The van der Waals surface area contributed by atoms with Gasteiger partial charge in [-0.25, -0.2) is 19.3 Å². The minimum atomic E-state index is -4.60. The van der Waals surface area contributed by atoms with E-state index in [1.54, 1.807) is 6.20 Å². The van der Waals surface area contributed by atoms with E-state index >= 15 is 0 Å². The van der Waals surface area contributed by atoms with Gasteiger partial charge in [-0.1, -0.05) is 12.5 Å². The van der Waals surface area contributed by atoms with E-state index in [1.807, 2.05) is 0 Å². The number of carbonyl (C=O) groups excluding carboxylic acids is 1. The second kappa shape index (κ2) is 9.03. The fourth-order valence-electron chi connectivity index (χ4n) is 3.53. The van der Waals surface area contributed by atoms with E-state index in [9.17, 15) is 22.4 Å². The summed E-state index contributed by atoms with van der Waals surface area (Å²) < 4.78 is 54.4. The smallest absolute Gasteiger partial charge is 0.324 e. The van der Waals surface area contributed by atoms with Crippen molar-refractivity contribution in [2.45, 2.75) is 37.9 Å². The summed E-state index contributed by atoms with van der Waals surface area (Å²) in [7, 11) is 0. The number of halogens is 4. The standard InChI is InChI=1S/C21H20F4N6O/c22-15-8-14(30-19(32)9-13-4-3-6-18(29-13)21(23,24)25)10-27-20(15)31-11-17(28-12-31)16-5-1-2-7-26-16/h3-4,6,8,10-12,16,26H,1-2,5,7,9H2,(H,30,32)/t16-/m1/s1. The first-order chi connectivity index (χ1) is 15.3. The number of hydrogen-bond acceptors (Lipinski definition) is 5. The lowest BCUT2D eigenvalue weighted by Crippen LogP contribution is -2.26. The van der Waals surface area contributed by atoms with Crippen molar-refractivity contribution in [2.24, 2.45) is 0 Å². The third kappa shape index (κ3) is 5.10. The molecular weight excluding hydrogens is 428 g/mol. The molecule has 2 N–H and O–H groups in total. The van der Waals surface area contributed by atoms with Crippen LogP contribution in [0.25, 0.3) is 5.82 Å². The van der Waals surface area contributed by atoms with Crippen LogP contribution in [0.2, 0.25) is 0 Å². The quantitative estimate of drug-likeness (QED) is 0.580. The molecule has 0 aromatic carbocycles. The Hall–Kier alpha value is -3.34. The number of hydrogen-bond donors (Lipinski definition) is 2. The summed E-state index contributed by atoms with van der Waals surface area (Å²) >= 11 is 0. The van der Waals surface area contributed by atoms with Crippen molar-refractivity contribution in [3.8, 4) is 5.82 Å². The van der Waals surface area contributed by atoms with Crippen molar-refractivity contribution in [3.63, 3.8) is 0 Å². The van der Waals surface area contributed by atoms with Crippen LogP contribution in [0.15, 0.2) is 43.0 Å². The number of carbonyl (C=O) groups is 1. The average Bonchev–Trinajstić information content (AvgIpc) is 3.24. The molecule has 11 heteroatoms. The Bertz CT molecular complexity index is 1110. The Balaban J connectivity index is 1.42. The van der Waals surface area contributed by atoms with Gasteiger partial charge in [-0.15, -0.1) is 0 Å². The molecule has 168 valence electrons. The molecule has 1 atom stereocenters. The molecule has 0 aliphatic carbocycles. The highest BCUT2D eigenvalue weighted by atomic mass is 19.4. The number of nitrogens with zero attached hydrogens (tertiary/aromatic N) is 4. The Kier molecular flexibility index (Phi) is 6.17. The lowest BCUT2D eigenvalue weighted by molar-refractivity contribution is -0.141. The SMILES string of the molecule is O=C(Cc1cccc(C(F)(F)F)n1)Nc1cnc(-n2cnc([C@H]3CCCCN3)c2)c(F)c1. The summed E-state index contributed by atoms with van der Waals surface area (Å²) in [4.78, 5) is 24.0. The fourth-order valence-corrected chi connectivity index (χ4v) is 3.53. The van der Waals surface area contributed by atoms with Gasteiger partial charge < -0.3 is 10.6 Å². The summed E-state index contributed by atoms with van der Waals surface area (Å²) in [6, 6.07) is 4.53. The molecular formula is C21H20F4N6O. The van der Waals surface area contributed by atoms with Gasteiger partial charge in [0.2, 0.25) is 5.91 Å². The average molecular weight is 448 g/mol. The Morgan fingerprint density at radius 2 is 2.09 bits per heavy atom. The summed E-state index contributed by atoms with van der Waals surface area (Å²) in [5, 5.41) is 5.80. The molecule has 1 fully saturated rings. The number of aromatic nitrogens is 4. The maximum atomic E-state index is 14.6. The van der Waals surface area contributed by atoms with Crippen molar-refractivity contribution >= 4 is 11.6 Å². The van der Waals surface area contributed by atoms with E-state index in [-0.39, 0.29) is 23.2 Å². The van der Waals surface area contributed by atoms with Crippen LogP contribution >= 0.6 is 0 Å². The maximum absolute atomic E-state index is 14.6. The maximum Gasteiger partial charge on any atom is 0.433 e. The number of piperidine rings is 1. The molecule has 4 heterocycles. The highest BCUT2D eigenvalue weighted by molar-refractivity contribution is 5.91. The van der Waals surface area contributed by atoms with Gasteiger partial charge in [0.05, 0.1) is 35.7 Å². The third-order valence-electron chi connectivity index (χ3n) is 5.06. The molecule has 1 amide bonds. The van der Waals surface area contributed by atoms with E-state index in [0.717, 1.165) is 43.6 Å². The van der Waals surface area contributed by atoms with Crippen molar-refractivity contribution < 1.29 is 22.4 Å². The van der Waals surface area contributed by atoms with Gasteiger partial charge >= 0.3 is 6.18 Å². The monoisotopic (exact) mass is 448 g/mol. The van der Waals surface area contributed by atoms with Crippen LogP contribution in [-0.2, 0) is 17.4 Å². The van der Waals surface area contributed by atoms with Crippen LogP contribution in [0.4, 0.5) is 23.2 Å². The Morgan fingerprint density at radius 1 is 1.25 bits per heavy atom. The zero-order valence-corrected chi connectivity index (χ0v) is 16.9. The Morgan fingerprint density at radius 3 is 2.81 bits per heavy atom. The van der Waals surface area contributed by atoms with Crippen molar-refractivity contribution in [1.29, 1.82) is 0 Å². The number of amides is 1. The van der Waals surface area contributed by atoms with Crippen LogP contribution in [0, 0.1) is 5.82 Å². The molecule has 1 aliphatic heterocycles. The molecule has 0 spiro atoms. The lowest BCUT2D eigenvalue weighted by atomic mass is 10.0. The van der Waals surface area contributed by atoms with E-state index in [0.29, 0.717) is 0 Å². The predicted molar refractivity (Wildman–Crippen MR) is 107 cm³/mol. The number of pyridine rings is 2. The van der Waals surface area contributed by atoms with Crippen molar-refractivity contribution in [3.05, 3.63) is 65.9 Å². The normalized spacial score (nSPS) is 16.7. The van der Waals surface area contributed by atoms with E-state index in [4.69, 9.17) is 0 Å². The van der Waals surface area contributed by atoms with Crippen LogP contribution in [-0.4, -0.2) is 32.0 Å². The van der Waals surface area contributed by atoms with Gasteiger partial charge in [-0.3, -0.25) is 9.36 Å². The number of rotatable bonds is 5. The minimum absolute atomic E-state index is 0.0251. The molecule has 7 nitrogen and oxygen atoms in total. The second-order valence-electron chi connectivity index (χ2n) is 7.47. The summed E-state index contributed by atoms with van der Waals surface area (Å²) in [5.41, 5.74) is -0.248. The number of alkyl halides is 3. The molecule has 0 bridgehead atoms. The molecule has 1 aliphatic rings. The third-order valence-corrected chi connectivity index (χ3v) is 5.06. The highest BCUT2D eigenvalue weighted by Crippen LogP contribution is 2.27. The predicted octanol–water partition coefficient (Wildman–Crippen LogP) is 3.82. The first kappa shape index (κ1) is 21.9. The number of nitrogens with one attached hydrogen (secondary N) is 2. The molecule has 3 aromatic heterocycles. The molecule has 1 saturated heterocycles. The second-order valence-corrected chi connectivity index (χ2v) is 7.47. The molecule has 32 heavy (non-hydrogen) atoms. The largest absolute Gasteiger partial charge is 0.433 e. The van der Waals surface area contributed by atoms with Crippen LogP contribution in [0.5, 0.6) is 0 Å². The highest BCUT2D eigenvalue weighted by Gasteiger charge is 2.32. The van der Waals surface area contributed by atoms with Crippen LogP contribution in [0.1, 0.15) is 42.4 Å². The van der Waals surface area contributed by atoms with E-state index in [2.05, 4.69) is 25.6 Å². The van der Waals surface area contributed by atoms with Crippen LogP contribution < -0.4 is 10.6 Å². The van der Waals surface area contributed by atoms with Gasteiger partial charge in [0.1, 0.15) is 12.0 Å². The molecule has 0 unspecified atom stereocenters. The molecule has 0 radical (unpaired) electrons.